The van der Waals surface area contributed by atoms with Gasteiger partial charge in [0, 0.05) is 23.7 Å². The smallest absolute Gasteiger partial charge is 0.325 e. The van der Waals surface area contributed by atoms with Crippen LogP contribution in [0.4, 0.5) is 10.1 Å². The first kappa shape index (κ1) is 19.8. The first-order chi connectivity index (χ1) is 12.8. The van der Waals surface area contributed by atoms with Crippen LogP contribution in [0.25, 0.3) is 0 Å². The first-order valence-corrected chi connectivity index (χ1v) is 7.95. The fraction of sp³-hybridized carbons (Fsp3) is 0.158. The maximum absolute atomic E-state index is 13.1. The molecule has 8 heteroatoms. The van der Waals surface area contributed by atoms with Gasteiger partial charge < -0.3 is 15.4 Å². The van der Waals surface area contributed by atoms with Gasteiger partial charge in [-0.2, -0.15) is 0 Å². The Labute approximate surface area is 154 Å². The van der Waals surface area contributed by atoms with Crippen molar-refractivity contribution < 1.29 is 28.3 Å². The molecule has 2 amide bonds. The molecule has 0 saturated carbocycles. The Kier molecular flexibility index (Phi) is 6.76. The topological polar surface area (TPSA) is 102 Å². The van der Waals surface area contributed by atoms with Crippen LogP contribution in [0, 0.1) is 5.82 Å². The lowest BCUT2D eigenvalue weighted by Crippen LogP contribution is -2.31. The van der Waals surface area contributed by atoms with Gasteiger partial charge in [0.25, 0.3) is 5.91 Å². The van der Waals surface area contributed by atoms with E-state index in [2.05, 4.69) is 10.6 Å². The summed E-state index contributed by atoms with van der Waals surface area (Å²) in [6.45, 7) is 0.420. The molecule has 0 unspecified atom stereocenters. The van der Waals surface area contributed by atoms with Gasteiger partial charge in [-0.15, -0.1) is 0 Å². The van der Waals surface area contributed by atoms with Crippen molar-refractivity contribution in [3.63, 3.8) is 0 Å². The second-order valence-corrected chi connectivity index (χ2v) is 5.54. The average Bonchev–Trinajstić information content (AvgIpc) is 2.64. The lowest BCUT2D eigenvalue weighted by Gasteiger charge is -2.07. The number of anilines is 1. The fourth-order valence-corrected chi connectivity index (χ4v) is 2.11. The maximum Gasteiger partial charge on any atom is 0.325 e. The Hall–Kier alpha value is -3.55. The van der Waals surface area contributed by atoms with E-state index in [1.807, 2.05) is 0 Å². The molecule has 2 aromatic rings. The number of nitrogens with one attached hydrogen (secondary N) is 2. The predicted molar refractivity (Wildman–Crippen MR) is 94.8 cm³/mol. The van der Waals surface area contributed by atoms with E-state index in [0.29, 0.717) is 11.3 Å². The molecule has 0 aliphatic rings. The Morgan fingerprint density at radius 3 is 2.33 bits per heavy atom. The summed E-state index contributed by atoms with van der Waals surface area (Å²) in [5, 5.41) is 4.85. The van der Waals surface area contributed by atoms with Crippen LogP contribution >= 0.6 is 0 Å². The van der Waals surface area contributed by atoms with Crippen LogP contribution in [0.2, 0.25) is 0 Å². The summed E-state index contributed by atoms with van der Waals surface area (Å²) in [7, 11) is 0. The summed E-state index contributed by atoms with van der Waals surface area (Å²) in [4.78, 5) is 46.4. The number of benzene rings is 2. The van der Waals surface area contributed by atoms with Gasteiger partial charge in [-0.05, 0) is 42.5 Å². The van der Waals surface area contributed by atoms with Gasteiger partial charge in [0.05, 0.1) is 0 Å². The third kappa shape index (κ3) is 6.35. The van der Waals surface area contributed by atoms with Crippen LogP contribution in [-0.4, -0.2) is 36.7 Å². The van der Waals surface area contributed by atoms with Crippen molar-refractivity contribution in [2.75, 3.05) is 18.5 Å². The standard InChI is InChI=1S/C19H17FN2O5/c1-12(23)22-16-7-5-13(6-8-16)17(24)11-27-18(25)10-21-19(26)14-3-2-4-15(20)9-14/h2-9H,10-11H2,1H3,(H,21,26)(H,22,23). The van der Waals surface area contributed by atoms with E-state index in [1.165, 1.54) is 37.3 Å². The molecule has 2 aromatic carbocycles. The normalized spacial score (nSPS) is 10.0. The van der Waals surface area contributed by atoms with Crippen LogP contribution in [-0.2, 0) is 14.3 Å². The number of ketones is 1. The van der Waals surface area contributed by atoms with Gasteiger partial charge in [-0.25, -0.2) is 4.39 Å². The maximum atomic E-state index is 13.1. The van der Waals surface area contributed by atoms with Crippen LogP contribution in [0.3, 0.4) is 0 Å². The molecule has 0 heterocycles. The minimum atomic E-state index is -0.803. The van der Waals surface area contributed by atoms with E-state index >= 15 is 0 Å². The zero-order valence-electron chi connectivity index (χ0n) is 14.5. The van der Waals surface area contributed by atoms with Crippen LogP contribution in [0.1, 0.15) is 27.6 Å². The van der Waals surface area contributed by atoms with Crippen LogP contribution in [0.5, 0.6) is 0 Å². The molecule has 0 radical (unpaired) electrons. The molecule has 0 saturated heterocycles. The minimum Gasteiger partial charge on any atom is -0.456 e. The quantitative estimate of drug-likeness (QED) is 0.571. The molecule has 0 spiro atoms. The number of ether oxygens (including phenoxy) is 1. The first-order valence-electron chi connectivity index (χ1n) is 7.95. The Morgan fingerprint density at radius 2 is 1.70 bits per heavy atom. The summed E-state index contributed by atoms with van der Waals surface area (Å²) in [5.41, 5.74) is 0.912. The van der Waals surface area contributed by atoms with Crippen molar-refractivity contribution in [1.29, 1.82) is 0 Å². The number of rotatable bonds is 7. The Balaban J connectivity index is 1.78. The molecule has 2 N–H and O–H groups in total. The molecule has 140 valence electrons. The van der Waals surface area contributed by atoms with E-state index < -0.39 is 36.6 Å². The molecule has 0 atom stereocenters. The van der Waals surface area contributed by atoms with E-state index in [1.54, 1.807) is 12.1 Å². The predicted octanol–water partition coefficient (Wildman–Crippen LogP) is 1.94. The van der Waals surface area contributed by atoms with Crippen molar-refractivity contribution in [3.05, 3.63) is 65.5 Å². The Morgan fingerprint density at radius 1 is 1.00 bits per heavy atom. The summed E-state index contributed by atoms with van der Waals surface area (Å²) in [6, 6.07) is 11.1. The van der Waals surface area contributed by atoms with Crippen molar-refractivity contribution >= 4 is 29.3 Å². The molecule has 0 aliphatic heterocycles. The molecule has 0 aliphatic carbocycles. The van der Waals surface area contributed by atoms with Crippen molar-refractivity contribution in [1.82, 2.24) is 5.32 Å². The van der Waals surface area contributed by atoms with Crippen LogP contribution in [0.15, 0.2) is 48.5 Å². The number of amides is 2. The number of halogens is 1. The van der Waals surface area contributed by atoms with Gasteiger partial charge in [-0.1, -0.05) is 6.07 Å². The average molecular weight is 372 g/mol. The van der Waals surface area contributed by atoms with E-state index in [4.69, 9.17) is 4.74 Å². The molecule has 2 rings (SSSR count). The molecule has 0 fully saturated rings. The molecule has 7 nitrogen and oxygen atoms in total. The molecule has 0 bridgehead atoms. The summed E-state index contributed by atoms with van der Waals surface area (Å²) >= 11 is 0. The molecule has 0 aromatic heterocycles. The third-order valence-electron chi connectivity index (χ3n) is 3.37. The number of esters is 1. The summed E-state index contributed by atoms with van der Waals surface area (Å²) in [6.07, 6.45) is 0. The Bertz CT molecular complexity index is 865. The second-order valence-electron chi connectivity index (χ2n) is 5.54. The number of carbonyl (C=O) groups is 4. The molecule has 27 heavy (non-hydrogen) atoms. The second kappa shape index (κ2) is 9.23. The largest absolute Gasteiger partial charge is 0.456 e. The van der Waals surface area contributed by atoms with Gasteiger partial charge in [0.15, 0.2) is 12.4 Å². The highest BCUT2D eigenvalue weighted by atomic mass is 19.1. The van der Waals surface area contributed by atoms with Gasteiger partial charge in [-0.3, -0.25) is 19.2 Å². The number of hydrogen-bond acceptors (Lipinski definition) is 5. The fourth-order valence-electron chi connectivity index (χ4n) is 2.11. The van der Waals surface area contributed by atoms with E-state index in [0.717, 1.165) is 6.07 Å². The van der Waals surface area contributed by atoms with Gasteiger partial charge in [0.2, 0.25) is 5.91 Å². The third-order valence-corrected chi connectivity index (χ3v) is 3.37. The number of Topliss-reactive ketones (excluding diaryl/α,β-unsaturated/α-hetero) is 1. The number of carbonyl (C=O) groups excluding carboxylic acids is 4. The summed E-state index contributed by atoms with van der Waals surface area (Å²) in [5.74, 6) is -2.67. The lowest BCUT2D eigenvalue weighted by molar-refractivity contribution is -0.141. The number of hydrogen-bond donors (Lipinski definition) is 2. The molecular weight excluding hydrogens is 355 g/mol. The van der Waals surface area contributed by atoms with Crippen LogP contribution < -0.4 is 10.6 Å². The van der Waals surface area contributed by atoms with Gasteiger partial charge >= 0.3 is 5.97 Å². The SMILES string of the molecule is CC(=O)Nc1ccc(C(=O)COC(=O)CNC(=O)c2cccc(F)c2)cc1. The zero-order chi connectivity index (χ0) is 19.8. The highest BCUT2D eigenvalue weighted by Crippen LogP contribution is 2.10. The van der Waals surface area contributed by atoms with E-state index in [9.17, 15) is 23.6 Å². The molecular formula is C19H17FN2O5. The summed E-state index contributed by atoms with van der Waals surface area (Å²) < 4.78 is 17.9. The van der Waals surface area contributed by atoms with Gasteiger partial charge in [0.1, 0.15) is 12.4 Å². The minimum absolute atomic E-state index is 0.0677. The van der Waals surface area contributed by atoms with E-state index in [-0.39, 0.29) is 11.5 Å². The van der Waals surface area contributed by atoms with Crippen molar-refractivity contribution in [2.45, 2.75) is 6.92 Å². The van der Waals surface area contributed by atoms with Crippen molar-refractivity contribution in [3.8, 4) is 0 Å². The monoisotopic (exact) mass is 372 g/mol. The lowest BCUT2D eigenvalue weighted by atomic mass is 10.1. The highest BCUT2D eigenvalue weighted by molar-refractivity contribution is 5.99. The highest BCUT2D eigenvalue weighted by Gasteiger charge is 2.12. The zero-order valence-corrected chi connectivity index (χ0v) is 14.5. The van der Waals surface area contributed by atoms with Crippen molar-refractivity contribution in [2.24, 2.45) is 0 Å².